The monoisotopic (exact) mass is 306 g/mol. The molecule has 120 valence electrons. The van der Waals surface area contributed by atoms with Gasteiger partial charge in [-0.15, -0.1) is 0 Å². The van der Waals surface area contributed by atoms with Crippen LogP contribution in [-0.2, 0) is 11.2 Å². The van der Waals surface area contributed by atoms with Crippen molar-refractivity contribution in [3.8, 4) is 0 Å². The number of aliphatic hydroxyl groups excluding tert-OH is 1. The van der Waals surface area contributed by atoms with Crippen LogP contribution in [0.25, 0.3) is 0 Å². The maximum Gasteiger partial charge on any atom is 0.321 e. The van der Waals surface area contributed by atoms with Crippen LogP contribution in [0.4, 0.5) is 10.5 Å². The first-order chi connectivity index (χ1) is 10.5. The van der Waals surface area contributed by atoms with Gasteiger partial charge in [0, 0.05) is 38.7 Å². The third-order valence-electron chi connectivity index (χ3n) is 3.95. The summed E-state index contributed by atoms with van der Waals surface area (Å²) in [6.45, 7) is 2.60. The summed E-state index contributed by atoms with van der Waals surface area (Å²) in [5, 5.41) is 15.4. The van der Waals surface area contributed by atoms with E-state index in [1.807, 2.05) is 13.0 Å². The number of pyridine rings is 1. The molecule has 7 heteroatoms. The minimum absolute atomic E-state index is 0.133. The number of aliphatic hydroxyl groups is 1. The van der Waals surface area contributed by atoms with Gasteiger partial charge in [-0.1, -0.05) is 6.92 Å². The first-order valence-corrected chi connectivity index (χ1v) is 7.42. The van der Waals surface area contributed by atoms with Gasteiger partial charge in [-0.3, -0.25) is 9.78 Å². The number of hydrogen-bond acceptors (Lipinski definition) is 4. The molecular weight excluding hydrogens is 284 g/mol. The van der Waals surface area contributed by atoms with Crippen LogP contribution in [0.3, 0.4) is 0 Å². The number of β-amino-alcohol motifs (C(OH)–C–C–N with tert-alkyl or cyclic N) is 1. The van der Waals surface area contributed by atoms with E-state index in [-0.39, 0.29) is 30.8 Å². The highest BCUT2D eigenvalue weighted by molar-refractivity contribution is 5.90. The molecule has 3 N–H and O–H groups in total. The van der Waals surface area contributed by atoms with E-state index in [4.69, 9.17) is 0 Å². The highest BCUT2D eigenvalue weighted by Crippen LogP contribution is 2.22. The summed E-state index contributed by atoms with van der Waals surface area (Å²) in [7, 11) is 1.56. The van der Waals surface area contributed by atoms with Gasteiger partial charge >= 0.3 is 6.03 Å². The smallest absolute Gasteiger partial charge is 0.321 e. The average molecular weight is 306 g/mol. The zero-order valence-corrected chi connectivity index (χ0v) is 12.9. The van der Waals surface area contributed by atoms with Crippen LogP contribution in [0, 0.1) is 5.92 Å². The Hall–Kier alpha value is -2.15. The quantitative estimate of drug-likeness (QED) is 0.759. The normalized spacial score (nSPS) is 20.8. The van der Waals surface area contributed by atoms with Gasteiger partial charge in [0.1, 0.15) is 0 Å². The van der Waals surface area contributed by atoms with E-state index in [9.17, 15) is 14.7 Å². The molecule has 0 spiro atoms. The number of nitrogens with one attached hydrogen (secondary N) is 2. The molecule has 7 nitrogen and oxygen atoms in total. The Balaban J connectivity index is 1.98. The number of aryl methyl sites for hydroxylation is 1. The molecule has 1 aromatic rings. The van der Waals surface area contributed by atoms with Gasteiger partial charge in [0.15, 0.2) is 0 Å². The summed E-state index contributed by atoms with van der Waals surface area (Å²) in [6.07, 6.45) is 3.63. The summed E-state index contributed by atoms with van der Waals surface area (Å²) in [6, 6.07) is 1.59. The molecule has 0 aromatic carbocycles. The van der Waals surface area contributed by atoms with Crippen LogP contribution in [-0.4, -0.2) is 53.2 Å². The molecule has 0 unspecified atom stereocenters. The maximum atomic E-state index is 12.3. The third-order valence-corrected chi connectivity index (χ3v) is 3.95. The van der Waals surface area contributed by atoms with Crippen molar-refractivity contribution < 1.29 is 14.7 Å². The highest BCUT2D eigenvalue weighted by atomic mass is 16.3. The Labute approximate surface area is 129 Å². The van der Waals surface area contributed by atoms with Crippen LogP contribution in [0.15, 0.2) is 18.5 Å². The molecule has 1 aromatic heterocycles. The Bertz CT molecular complexity index is 549. The number of anilines is 1. The van der Waals surface area contributed by atoms with Crippen molar-refractivity contribution in [2.45, 2.75) is 25.9 Å². The molecule has 1 fully saturated rings. The van der Waals surface area contributed by atoms with Crippen molar-refractivity contribution in [2.75, 3.05) is 25.5 Å². The maximum absolute atomic E-state index is 12.3. The lowest BCUT2D eigenvalue weighted by molar-refractivity contribution is -0.122. The van der Waals surface area contributed by atoms with E-state index in [1.54, 1.807) is 19.4 Å². The van der Waals surface area contributed by atoms with Crippen LogP contribution in [0.5, 0.6) is 0 Å². The Morgan fingerprint density at radius 2 is 2.23 bits per heavy atom. The van der Waals surface area contributed by atoms with Crippen LogP contribution >= 0.6 is 0 Å². The molecule has 1 aliphatic rings. The van der Waals surface area contributed by atoms with Gasteiger partial charge in [0.25, 0.3) is 0 Å². The number of likely N-dealkylation sites (tertiary alicyclic amines) is 1. The fourth-order valence-electron chi connectivity index (χ4n) is 2.60. The van der Waals surface area contributed by atoms with Crippen LogP contribution in [0.2, 0.25) is 0 Å². The summed E-state index contributed by atoms with van der Waals surface area (Å²) in [4.78, 5) is 29.3. The molecule has 1 saturated heterocycles. The molecule has 22 heavy (non-hydrogen) atoms. The number of urea groups is 1. The van der Waals surface area contributed by atoms with E-state index < -0.39 is 6.10 Å². The van der Waals surface area contributed by atoms with E-state index in [0.29, 0.717) is 12.2 Å². The van der Waals surface area contributed by atoms with Crippen molar-refractivity contribution in [1.29, 1.82) is 0 Å². The number of carbonyl (C=O) groups is 2. The van der Waals surface area contributed by atoms with Crippen LogP contribution < -0.4 is 10.6 Å². The minimum atomic E-state index is -0.678. The lowest BCUT2D eigenvalue weighted by Gasteiger charge is -2.18. The first-order valence-electron chi connectivity index (χ1n) is 7.42. The van der Waals surface area contributed by atoms with Gasteiger partial charge in [0.05, 0.1) is 18.0 Å². The van der Waals surface area contributed by atoms with Gasteiger partial charge in [-0.25, -0.2) is 4.79 Å². The highest BCUT2D eigenvalue weighted by Gasteiger charge is 2.35. The van der Waals surface area contributed by atoms with Crippen molar-refractivity contribution in [3.63, 3.8) is 0 Å². The van der Waals surface area contributed by atoms with E-state index in [2.05, 4.69) is 15.6 Å². The molecule has 0 radical (unpaired) electrons. The van der Waals surface area contributed by atoms with Crippen molar-refractivity contribution in [1.82, 2.24) is 15.2 Å². The third kappa shape index (κ3) is 3.73. The average Bonchev–Trinajstić information content (AvgIpc) is 2.88. The summed E-state index contributed by atoms with van der Waals surface area (Å²) in [5.74, 6) is -0.364. The fourth-order valence-corrected chi connectivity index (χ4v) is 2.60. The van der Waals surface area contributed by atoms with E-state index in [0.717, 1.165) is 12.0 Å². The molecular formula is C15H22N4O3. The molecule has 0 aliphatic carbocycles. The van der Waals surface area contributed by atoms with Gasteiger partial charge in [-0.05, 0) is 18.1 Å². The lowest BCUT2D eigenvalue weighted by Crippen LogP contribution is -2.34. The summed E-state index contributed by atoms with van der Waals surface area (Å²) >= 11 is 0. The SMILES string of the molecule is CCc1ccncc1NC(=O)N1C[C@@H](CC(=O)NC)[C@H](O)C1. The fraction of sp³-hybridized carbons (Fsp3) is 0.533. The molecule has 2 atom stereocenters. The summed E-state index contributed by atoms with van der Waals surface area (Å²) in [5.41, 5.74) is 1.68. The Morgan fingerprint density at radius 1 is 1.45 bits per heavy atom. The minimum Gasteiger partial charge on any atom is -0.391 e. The van der Waals surface area contributed by atoms with E-state index >= 15 is 0 Å². The molecule has 2 rings (SSSR count). The Morgan fingerprint density at radius 3 is 2.91 bits per heavy atom. The number of hydrogen-bond donors (Lipinski definition) is 3. The number of nitrogens with zero attached hydrogens (tertiary/aromatic N) is 2. The first kappa shape index (κ1) is 16.2. The number of aromatic nitrogens is 1. The van der Waals surface area contributed by atoms with Gasteiger partial charge < -0.3 is 20.6 Å². The second-order valence-corrected chi connectivity index (χ2v) is 5.43. The van der Waals surface area contributed by atoms with Crippen molar-refractivity contribution in [2.24, 2.45) is 5.92 Å². The molecule has 0 bridgehead atoms. The predicted octanol–water partition coefficient (Wildman–Crippen LogP) is 0.605. The largest absolute Gasteiger partial charge is 0.391 e. The molecule has 3 amide bonds. The van der Waals surface area contributed by atoms with Crippen LogP contribution in [0.1, 0.15) is 18.9 Å². The molecule has 0 saturated carbocycles. The molecule has 2 heterocycles. The topological polar surface area (TPSA) is 94.6 Å². The zero-order valence-electron chi connectivity index (χ0n) is 12.9. The van der Waals surface area contributed by atoms with E-state index in [1.165, 1.54) is 4.90 Å². The van der Waals surface area contributed by atoms with Crippen molar-refractivity contribution in [3.05, 3.63) is 24.0 Å². The number of rotatable bonds is 4. The van der Waals surface area contributed by atoms with Gasteiger partial charge in [0.2, 0.25) is 5.91 Å². The molecule has 1 aliphatic heterocycles. The number of amides is 3. The van der Waals surface area contributed by atoms with Gasteiger partial charge in [-0.2, -0.15) is 0 Å². The standard InChI is InChI=1S/C15H22N4O3/c1-3-10-4-5-17-7-12(10)18-15(22)19-8-11(13(20)9-19)6-14(21)16-2/h4-5,7,11,13,20H,3,6,8-9H2,1-2H3,(H,16,21)(H,18,22)/t11-,13-/m1/s1. The Kier molecular flexibility index (Phi) is 5.32. The zero-order chi connectivity index (χ0) is 16.1. The van der Waals surface area contributed by atoms with Crippen molar-refractivity contribution >= 4 is 17.6 Å². The second-order valence-electron chi connectivity index (χ2n) is 5.43. The second kappa shape index (κ2) is 7.22. The lowest BCUT2D eigenvalue weighted by atomic mass is 10.0. The predicted molar refractivity (Wildman–Crippen MR) is 82.4 cm³/mol. The number of carbonyl (C=O) groups excluding carboxylic acids is 2. The summed E-state index contributed by atoms with van der Waals surface area (Å²) < 4.78 is 0.